The molecule has 24 rings (SSSR count). The summed E-state index contributed by atoms with van der Waals surface area (Å²) in [6, 6.07) is 173. The van der Waals surface area contributed by atoms with Gasteiger partial charge in [0, 0.05) is 32.9 Å². The highest BCUT2D eigenvalue weighted by atomic mass is 15.0. The Morgan fingerprint density at radius 3 is 0.492 bits per heavy atom. The zero-order valence-electron chi connectivity index (χ0n) is 66.8. The van der Waals surface area contributed by atoms with E-state index in [4.69, 9.17) is 0 Å². The van der Waals surface area contributed by atoms with Gasteiger partial charge in [-0.05, 0) is 260 Å². The third kappa shape index (κ3) is 11.3. The molecule has 122 heavy (non-hydrogen) atoms. The van der Waals surface area contributed by atoms with Crippen molar-refractivity contribution in [3.05, 3.63) is 461 Å². The smallest absolute Gasteiger partial charge is 0.0541 e. The SMILES string of the molecule is c1ccc(-c2ccc3c(c2)c2cc(-c4ccccc4)ccc2n3-c2ccc(-c3c(-c4ccccc4)c(-c4ccc(-n5c6ccc(-c7ccccc7)cc6c6cc(-c7ccccc7)ccc65)cc4)c4c5cccc6c7c(-c8ccccc8)c(-c8ccccc8)c(-c8ccccc8)c(-c8ccccc8)c7c7cccc(c4c3-c3ccccc3)c7c65)cc2)cc1. The Kier molecular flexibility index (Phi) is 16.7. The molecule has 0 amide bonds. The molecule has 2 nitrogen and oxygen atoms in total. The van der Waals surface area contributed by atoms with Gasteiger partial charge in [0.05, 0.1) is 22.1 Å². The monoisotopic (exact) mass is 1540 g/mol. The molecule has 0 aliphatic heterocycles. The van der Waals surface area contributed by atoms with Crippen LogP contribution in [0, 0.1) is 0 Å². The van der Waals surface area contributed by atoms with Crippen molar-refractivity contribution in [3.8, 4) is 145 Å². The molecular weight excluding hydrogens is 1470 g/mol. The molecule has 24 aromatic rings. The fourth-order valence-corrected chi connectivity index (χ4v) is 20.4. The zero-order chi connectivity index (χ0) is 80.3. The highest BCUT2D eigenvalue weighted by Crippen LogP contribution is 2.61. The molecule has 0 saturated heterocycles. The first-order valence-corrected chi connectivity index (χ1v) is 42.3. The minimum absolute atomic E-state index is 1.08. The molecule has 0 aliphatic rings. The average molecular weight is 1550 g/mol. The van der Waals surface area contributed by atoms with Crippen molar-refractivity contribution in [1.82, 2.24) is 9.13 Å². The van der Waals surface area contributed by atoms with Crippen LogP contribution in [0.2, 0.25) is 0 Å². The van der Waals surface area contributed by atoms with Crippen LogP contribution in [0.3, 0.4) is 0 Å². The van der Waals surface area contributed by atoms with Crippen molar-refractivity contribution in [2.45, 2.75) is 0 Å². The van der Waals surface area contributed by atoms with Crippen molar-refractivity contribution in [3.63, 3.8) is 0 Å². The molecule has 22 aromatic carbocycles. The first-order valence-electron chi connectivity index (χ1n) is 42.3. The van der Waals surface area contributed by atoms with Gasteiger partial charge in [-0.2, -0.15) is 0 Å². The Morgan fingerprint density at radius 2 is 0.279 bits per heavy atom. The Bertz CT molecular complexity index is 7980. The van der Waals surface area contributed by atoms with Crippen LogP contribution in [0.25, 0.3) is 242 Å². The third-order valence-corrected chi connectivity index (χ3v) is 25.6. The first-order chi connectivity index (χ1) is 60.6. The van der Waals surface area contributed by atoms with Crippen LogP contribution < -0.4 is 0 Å². The van der Waals surface area contributed by atoms with Gasteiger partial charge in [0.15, 0.2) is 0 Å². The topological polar surface area (TPSA) is 9.86 Å². The van der Waals surface area contributed by atoms with Gasteiger partial charge >= 0.3 is 0 Å². The standard InChI is InChI=1S/C120H76N2/c1-11-33-77(34-12-1)89-61-69-103-99(73-89)100-74-90(78-35-13-2-14-36-78)62-70-104(100)121(103)93-65-57-87(58-66-93)110-109(83-45-23-7-24-46-83)114(88-59-67-94(68-60-88)122-105-71-63-91(79-37-15-3-16-38-79)75-101(105)102-76-92(64-72-106(102)122)80-39-17-4-18-40-80)120-98-56-32-54-96-116(98)115-95(53-31-55-97(115)119(120)113(110)86-51-29-10-30-52-86)117-111(84-47-25-8-26-48-84)107(81-41-19-5-20-42-81)108(82-43-21-6-22-44-82)112(118(96)117)85-49-27-9-28-50-85/h1-76H. The molecule has 2 heterocycles. The lowest BCUT2D eigenvalue weighted by molar-refractivity contribution is 1.18. The van der Waals surface area contributed by atoms with Gasteiger partial charge in [-0.25, -0.2) is 0 Å². The minimum Gasteiger partial charge on any atom is -0.309 e. The fourth-order valence-electron chi connectivity index (χ4n) is 20.4. The summed E-state index contributed by atoms with van der Waals surface area (Å²) in [5.41, 5.74) is 34.8. The molecule has 0 radical (unpaired) electrons. The lowest BCUT2D eigenvalue weighted by atomic mass is 9.73. The van der Waals surface area contributed by atoms with Crippen molar-refractivity contribution >= 4 is 97.5 Å². The summed E-state index contributed by atoms with van der Waals surface area (Å²) in [7, 11) is 0. The predicted octanol–water partition coefficient (Wildman–Crippen LogP) is 33.1. The van der Waals surface area contributed by atoms with E-state index in [0.29, 0.717) is 0 Å². The third-order valence-electron chi connectivity index (χ3n) is 25.6. The number of fused-ring (bicyclic) bond motifs is 12. The number of rotatable bonds is 14. The summed E-state index contributed by atoms with van der Waals surface area (Å²) in [5.74, 6) is 0. The molecule has 0 atom stereocenters. The van der Waals surface area contributed by atoms with Crippen molar-refractivity contribution in [2.24, 2.45) is 0 Å². The second kappa shape index (κ2) is 29.0. The van der Waals surface area contributed by atoms with Crippen LogP contribution in [0.15, 0.2) is 461 Å². The highest BCUT2D eigenvalue weighted by Gasteiger charge is 2.33. The first kappa shape index (κ1) is 70.2. The highest BCUT2D eigenvalue weighted by molar-refractivity contribution is 6.47. The summed E-state index contributed by atoms with van der Waals surface area (Å²) < 4.78 is 4.97. The normalized spacial score (nSPS) is 11.8. The number of aromatic nitrogens is 2. The minimum atomic E-state index is 1.08. The zero-order valence-corrected chi connectivity index (χ0v) is 66.8. The van der Waals surface area contributed by atoms with Crippen molar-refractivity contribution in [1.29, 1.82) is 0 Å². The largest absolute Gasteiger partial charge is 0.309 e. The lowest BCUT2D eigenvalue weighted by Gasteiger charge is -2.29. The molecular formula is C120H76N2. The summed E-state index contributed by atoms with van der Waals surface area (Å²) in [6.07, 6.45) is 0. The van der Waals surface area contributed by atoms with Crippen LogP contribution in [0.1, 0.15) is 0 Å². The van der Waals surface area contributed by atoms with Crippen molar-refractivity contribution in [2.75, 3.05) is 0 Å². The van der Waals surface area contributed by atoms with Gasteiger partial charge in [0.1, 0.15) is 0 Å². The number of nitrogens with zero attached hydrogens (tertiary/aromatic N) is 2. The molecule has 0 spiro atoms. The van der Waals surface area contributed by atoms with Crippen LogP contribution >= 0.6 is 0 Å². The predicted molar refractivity (Wildman–Crippen MR) is 519 cm³/mol. The number of benzene rings is 22. The van der Waals surface area contributed by atoms with Gasteiger partial charge in [0.25, 0.3) is 0 Å². The van der Waals surface area contributed by atoms with Gasteiger partial charge < -0.3 is 9.13 Å². The summed E-state index contributed by atoms with van der Waals surface area (Å²) in [4.78, 5) is 0. The maximum Gasteiger partial charge on any atom is 0.0541 e. The molecule has 2 heteroatoms. The van der Waals surface area contributed by atoms with Gasteiger partial charge in [0.2, 0.25) is 0 Å². The van der Waals surface area contributed by atoms with E-state index < -0.39 is 0 Å². The molecule has 0 fully saturated rings. The van der Waals surface area contributed by atoms with E-state index in [1.807, 2.05) is 0 Å². The van der Waals surface area contributed by atoms with E-state index in [9.17, 15) is 0 Å². The Labute approximate surface area is 707 Å². The van der Waals surface area contributed by atoms with Gasteiger partial charge in [-0.3, -0.25) is 0 Å². The fraction of sp³-hybridized carbons (Fsp3) is 0. The summed E-state index contributed by atoms with van der Waals surface area (Å²) in [5, 5.41) is 16.9. The average Bonchev–Trinajstić information content (AvgIpc) is 0.826. The van der Waals surface area contributed by atoms with E-state index in [1.54, 1.807) is 0 Å². The molecule has 0 saturated carbocycles. The molecule has 0 unspecified atom stereocenters. The van der Waals surface area contributed by atoms with Crippen LogP contribution in [0.4, 0.5) is 0 Å². The maximum absolute atomic E-state index is 2.49. The van der Waals surface area contributed by atoms with Gasteiger partial charge in [-0.15, -0.1) is 0 Å². The molecule has 0 aliphatic carbocycles. The number of hydrogen-bond donors (Lipinski definition) is 0. The van der Waals surface area contributed by atoms with E-state index in [-0.39, 0.29) is 0 Å². The molecule has 0 N–H and O–H groups in total. The Balaban J connectivity index is 0.843. The molecule has 0 bridgehead atoms. The van der Waals surface area contributed by atoms with E-state index >= 15 is 0 Å². The summed E-state index contributed by atoms with van der Waals surface area (Å²) in [6.45, 7) is 0. The molecule has 2 aromatic heterocycles. The maximum atomic E-state index is 2.49. The second-order valence-corrected chi connectivity index (χ2v) is 32.3. The summed E-state index contributed by atoms with van der Waals surface area (Å²) >= 11 is 0. The van der Waals surface area contributed by atoms with E-state index in [1.165, 1.54) is 148 Å². The van der Waals surface area contributed by atoms with Crippen LogP contribution in [0.5, 0.6) is 0 Å². The number of hydrogen-bond acceptors (Lipinski definition) is 0. The van der Waals surface area contributed by atoms with Crippen LogP contribution in [-0.4, -0.2) is 9.13 Å². The van der Waals surface area contributed by atoms with E-state index in [0.717, 1.165) is 94.6 Å². The second-order valence-electron chi connectivity index (χ2n) is 32.3. The van der Waals surface area contributed by atoms with Crippen molar-refractivity contribution < 1.29 is 0 Å². The van der Waals surface area contributed by atoms with Crippen LogP contribution in [-0.2, 0) is 0 Å². The lowest BCUT2D eigenvalue weighted by Crippen LogP contribution is -2.02. The van der Waals surface area contributed by atoms with E-state index in [2.05, 4.69) is 470 Å². The van der Waals surface area contributed by atoms with Gasteiger partial charge in [-0.1, -0.05) is 388 Å². The quantitative estimate of drug-likeness (QED) is 0.0759. The molecule has 566 valence electrons. The Hall–Kier alpha value is -16.0. The Morgan fingerprint density at radius 1 is 0.107 bits per heavy atom.